The van der Waals surface area contributed by atoms with Gasteiger partial charge in [-0.05, 0) is 0 Å². The highest BCUT2D eigenvalue weighted by Crippen LogP contribution is 2.16. The minimum absolute atomic E-state index is 0.228. The van der Waals surface area contributed by atoms with Crippen molar-refractivity contribution in [1.29, 1.82) is 0 Å². The Morgan fingerprint density at radius 3 is 3.17 bits per heavy atom. The van der Waals surface area contributed by atoms with E-state index in [4.69, 9.17) is 4.55 Å². The van der Waals surface area contributed by atoms with Crippen LogP contribution in [0.2, 0.25) is 0 Å². The Kier molecular flexibility index (Phi) is 1.59. The fourth-order valence-corrected chi connectivity index (χ4v) is 1.27. The molecule has 2 heterocycles. The third-order valence-corrected chi connectivity index (χ3v) is 1.84. The number of aromatic nitrogens is 4. The number of hydrogen-bond acceptors (Lipinski definition) is 5. The van der Waals surface area contributed by atoms with Crippen LogP contribution < -0.4 is 5.69 Å². The molecule has 2 aromatic heterocycles. The number of hydrogen-bond donors (Lipinski definition) is 3. The van der Waals surface area contributed by atoms with Crippen LogP contribution in [0.3, 0.4) is 0 Å². The maximum Gasteiger partial charge on any atom is 0.347 e. The number of nitrogens with zero attached hydrogens (tertiary/aromatic N) is 2. The van der Waals surface area contributed by atoms with Crippen LogP contribution in [-0.4, -0.2) is 24.5 Å². The first-order chi connectivity index (χ1) is 5.81. The normalized spacial score (nSPS) is 10.8. The number of fused-ring (bicyclic) bond motifs is 1. The first-order valence-corrected chi connectivity index (χ1v) is 3.83. The van der Waals surface area contributed by atoms with E-state index >= 15 is 0 Å². The Bertz CT molecular complexity index is 462. The maximum atomic E-state index is 10.8. The topological polar surface area (TPSA) is 94.7 Å². The highest BCUT2D eigenvalue weighted by molar-refractivity contribution is 7.93. The number of imidazole rings is 1. The molecule has 3 N–H and O–H groups in total. The second-order valence-corrected chi connectivity index (χ2v) is 2.63. The lowest BCUT2D eigenvalue weighted by atomic mass is 10.6. The van der Waals surface area contributed by atoms with E-state index in [2.05, 4.69) is 19.9 Å². The molecule has 0 fully saturated rings. The van der Waals surface area contributed by atoms with Crippen molar-refractivity contribution in [3.05, 3.63) is 16.8 Å². The van der Waals surface area contributed by atoms with Crippen LogP contribution in [0.1, 0.15) is 0 Å². The van der Waals surface area contributed by atoms with Crippen LogP contribution in [0.25, 0.3) is 11.2 Å². The van der Waals surface area contributed by atoms with E-state index in [-0.39, 0.29) is 5.03 Å². The zero-order valence-corrected chi connectivity index (χ0v) is 6.55. The van der Waals surface area contributed by atoms with Crippen LogP contribution in [0.4, 0.5) is 0 Å². The van der Waals surface area contributed by atoms with Gasteiger partial charge in [-0.3, -0.25) is 4.98 Å². The van der Waals surface area contributed by atoms with Crippen molar-refractivity contribution in [2.24, 2.45) is 0 Å². The molecule has 62 valence electrons. The molecule has 0 saturated carbocycles. The molecule has 0 unspecified atom stereocenters. The Hall–Kier alpha value is -1.34. The molecule has 0 aromatic carbocycles. The molecule has 7 heteroatoms. The average molecular weight is 184 g/mol. The summed E-state index contributed by atoms with van der Waals surface area (Å²) in [7, 11) is 0. The number of rotatable bonds is 1. The van der Waals surface area contributed by atoms with Gasteiger partial charge in [0.25, 0.3) is 0 Å². The number of H-pyrrole nitrogens is 2. The van der Waals surface area contributed by atoms with Crippen molar-refractivity contribution < 1.29 is 4.55 Å². The molecule has 2 rings (SSSR count). The average Bonchev–Trinajstić information content (AvgIpc) is 2.50. The second-order valence-electron chi connectivity index (χ2n) is 2.06. The summed E-state index contributed by atoms with van der Waals surface area (Å²) in [6, 6.07) is 0. The summed E-state index contributed by atoms with van der Waals surface area (Å²) in [5, 5.41) is 0.228. The molecule has 0 radical (unpaired) electrons. The Labute approximate surface area is 70.3 Å². The summed E-state index contributed by atoms with van der Waals surface area (Å²) in [4.78, 5) is 23.3. The molecule has 0 spiro atoms. The van der Waals surface area contributed by atoms with Crippen molar-refractivity contribution in [1.82, 2.24) is 19.9 Å². The zero-order chi connectivity index (χ0) is 8.55. The van der Waals surface area contributed by atoms with Crippen molar-refractivity contribution >= 4 is 23.2 Å². The lowest BCUT2D eigenvalue weighted by Crippen LogP contribution is -2.10. The smallest absolute Gasteiger partial charge is 0.341 e. The number of nitrogens with one attached hydrogen (secondary N) is 2. The summed E-state index contributed by atoms with van der Waals surface area (Å²) in [5.41, 5.74) is 0.403. The largest absolute Gasteiger partial charge is 0.347 e. The maximum absolute atomic E-state index is 10.8. The van der Waals surface area contributed by atoms with E-state index < -0.39 is 5.69 Å². The monoisotopic (exact) mass is 184 g/mol. The van der Waals surface area contributed by atoms with E-state index in [9.17, 15) is 4.79 Å². The first kappa shape index (κ1) is 7.32. The molecule has 0 saturated heterocycles. The van der Waals surface area contributed by atoms with Gasteiger partial charge in [-0.25, -0.2) is 9.78 Å². The van der Waals surface area contributed by atoms with Crippen LogP contribution in [0, 0.1) is 0 Å². The van der Waals surface area contributed by atoms with E-state index in [1.807, 2.05) is 0 Å². The fraction of sp³-hybridized carbons (Fsp3) is 0. The SMILES string of the molecule is O=c1nc(SO)c2[nH]cnc2[nH]1. The molecule has 0 aliphatic heterocycles. The molecule has 0 aliphatic carbocycles. The predicted molar refractivity (Wildman–Crippen MR) is 43.0 cm³/mol. The van der Waals surface area contributed by atoms with Gasteiger partial charge in [0.1, 0.15) is 5.52 Å². The molecule has 2 aromatic rings. The molecular formula is C5H4N4O2S. The van der Waals surface area contributed by atoms with Crippen molar-refractivity contribution in [2.45, 2.75) is 5.03 Å². The summed E-state index contributed by atoms with van der Waals surface area (Å²) < 4.78 is 8.73. The molecule has 12 heavy (non-hydrogen) atoms. The summed E-state index contributed by atoms with van der Waals surface area (Å²) in [6.07, 6.45) is 1.42. The molecule has 6 nitrogen and oxygen atoms in total. The molecule has 0 atom stereocenters. The summed E-state index contributed by atoms with van der Waals surface area (Å²) >= 11 is 0.415. The standard InChI is InChI=1S/C5H4N4O2S/c10-5-8-3-2(6-1-7-3)4(9-5)12-11/h1,11H,(H2,6,7,8,9,10). The third kappa shape index (κ3) is 0.990. The Morgan fingerprint density at radius 1 is 1.58 bits per heavy atom. The van der Waals surface area contributed by atoms with Crippen molar-refractivity contribution in [3.8, 4) is 0 Å². The van der Waals surface area contributed by atoms with Crippen molar-refractivity contribution in [3.63, 3.8) is 0 Å². The van der Waals surface area contributed by atoms with Gasteiger partial charge in [0.05, 0.1) is 6.33 Å². The highest BCUT2D eigenvalue weighted by Gasteiger charge is 2.05. The van der Waals surface area contributed by atoms with Crippen LogP contribution in [0.5, 0.6) is 0 Å². The third-order valence-electron chi connectivity index (χ3n) is 1.37. The van der Waals surface area contributed by atoms with Crippen LogP contribution >= 0.6 is 12.0 Å². The van der Waals surface area contributed by atoms with Gasteiger partial charge in [0.2, 0.25) is 0 Å². The van der Waals surface area contributed by atoms with Gasteiger partial charge >= 0.3 is 5.69 Å². The van der Waals surface area contributed by atoms with E-state index in [0.717, 1.165) is 0 Å². The van der Waals surface area contributed by atoms with Crippen molar-refractivity contribution in [2.75, 3.05) is 0 Å². The quantitative estimate of drug-likeness (QED) is 0.435. The molecular weight excluding hydrogens is 180 g/mol. The van der Waals surface area contributed by atoms with E-state index in [1.165, 1.54) is 6.33 Å². The van der Waals surface area contributed by atoms with Gasteiger partial charge in [-0.15, -0.1) is 0 Å². The lowest BCUT2D eigenvalue weighted by molar-refractivity contribution is 0.660. The first-order valence-electron chi connectivity index (χ1n) is 3.06. The zero-order valence-electron chi connectivity index (χ0n) is 5.74. The van der Waals surface area contributed by atoms with Gasteiger partial charge in [-0.2, -0.15) is 4.98 Å². The van der Waals surface area contributed by atoms with Gasteiger partial charge in [0.15, 0.2) is 10.7 Å². The minimum atomic E-state index is -0.522. The summed E-state index contributed by atoms with van der Waals surface area (Å²) in [6.45, 7) is 0. The van der Waals surface area contributed by atoms with Gasteiger partial charge in [0, 0.05) is 12.0 Å². The van der Waals surface area contributed by atoms with Gasteiger partial charge < -0.3 is 9.54 Å². The molecule has 0 amide bonds. The fourth-order valence-electron chi connectivity index (χ4n) is 0.896. The number of aromatic amines is 2. The predicted octanol–water partition coefficient (Wildman–Crippen LogP) is 0.211. The molecule has 0 aliphatic rings. The highest BCUT2D eigenvalue weighted by atomic mass is 32.2. The Balaban J connectivity index is 2.89. The van der Waals surface area contributed by atoms with Gasteiger partial charge in [-0.1, -0.05) is 0 Å². The second kappa shape index (κ2) is 2.61. The van der Waals surface area contributed by atoms with E-state index in [1.54, 1.807) is 0 Å². The van der Waals surface area contributed by atoms with Crippen LogP contribution in [0.15, 0.2) is 16.1 Å². The minimum Gasteiger partial charge on any atom is -0.341 e. The summed E-state index contributed by atoms with van der Waals surface area (Å²) in [5.74, 6) is 0. The molecule has 0 bridgehead atoms. The lowest BCUT2D eigenvalue weighted by Gasteiger charge is -1.92. The Morgan fingerprint density at radius 2 is 2.42 bits per heavy atom. The van der Waals surface area contributed by atoms with Crippen LogP contribution in [-0.2, 0) is 0 Å². The van der Waals surface area contributed by atoms with E-state index in [0.29, 0.717) is 23.2 Å².